The van der Waals surface area contributed by atoms with Crippen LogP contribution in [-0.4, -0.2) is 12.6 Å². The Kier molecular flexibility index (Phi) is 10.3. The van der Waals surface area contributed by atoms with Gasteiger partial charge in [0.15, 0.2) is 0 Å². The molecule has 0 unspecified atom stereocenters. The fraction of sp³-hybridized carbons (Fsp3) is 0.500. The van der Waals surface area contributed by atoms with Gasteiger partial charge in [0.05, 0.1) is 6.61 Å². The summed E-state index contributed by atoms with van der Waals surface area (Å²) in [5.41, 5.74) is 0. The molecule has 0 radical (unpaired) electrons. The Morgan fingerprint density at radius 3 is 2.67 bits per heavy atom. The first-order chi connectivity index (χ1) is 3.81. The van der Waals surface area contributed by atoms with Gasteiger partial charge < -0.3 is 4.74 Å². The second-order valence-electron chi connectivity index (χ2n) is 1.37. The number of ether oxygens (including phenoxy) is 1. The Labute approximate surface area is 70.2 Å². The fourth-order valence-corrected chi connectivity index (χ4v) is 0.262. The van der Waals surface area contributed by atoms with Crippen LogP contribution in [0.4, 0.5) is 0 Å². The van der Waals surface area contributed by atoms with Gasteiger partial charge in [0.1, 0.15) is 0 Å². The van der Waals surface area contributed by atoms with Crippen molar-refractivity contribution in [3.63, 3.8) is 0 Å². The van der Waals surface area contributed by atoms with Crippen LogP contribution in [0.2, 0.25) is 0 Å². The van der Waals surface area contributed by atoms with E-state index in [1.807, 2.05) is 6.92 Å². The van der Waals surface area contributed by atoms with Gasteiger partial charge in [-0.15, -0.1) is 0 Å². The van der Waals surface area contributed by atoms with Gasteiger partial charge in [0.2, 0.25) is 0 Å². The summed E-state index contributed by atoms with van der Waals surface area (Å²) < 4.78 is 4.58. The van der Waals surface area contributed by atoms with Crippen molar-refractivity contribution in [1.29, 1.82) is 0 Å². The minimum Gasteiger partial charge on any atom is -0.463 e. The summed E-state index contributed by atoms with van der Waals surface area (Å²) in [5.74, 6) is -0.341. The Morgan fingerprint density at radius 2 is 2.33 bits per heavy atom. The summed E-state index contributed by atoms with van der Waals surface area (Å²) in [6.07, 6.45) is 2.02. The van der Waals surface area contributed by atoms with Crippen LogP contribution in [0, 0.1) is 0 Å². The van der Waals surface area contributed by atoms with Gasteiger partial charge in [-0.1, -0.05) is 13.5 Å². The predicted octanol–water partition coefficient (Wildman–Crippen LogP) is 1.12. The largest absolute Gasteiger partial charge is 0.463 e. The molecule has 0 saturated carbocycles. The minimum atomic E-state index is -0.341. The van der Waals surface area contributed by atoms with E-state index in [-0.39, 0.29) is 27.7 Å². The fourth-order valence-electron chi connectivity index (χ4n) is 0.262. The molecular formula is C6H10O2Ti. The molecule has 0 fully saturated rings. The van der Waals surface area contributed by atoms with Crippen LogP contribution in [0.5, 0.6) is 0 Å². The van der Waals surface area contributed by atoms with Gasteiger partial charge in [0, 0.05) is 27.8 Å². The zero-order chi connectivity index (χ0) is 6.41. The Hall–Kier alpha value is -0.0757. The molecule has 0 aromatic heterocycles. The Bertz CT molecular complexity index is 91.1. The van der Waals surface area contributed by atoms with E-state index in [9.17, 15) is 4.79 Å². The molecule has 0 N–H and O–H groups in total. The Morgan fingerprint density at radius 1 is 1.78 bits per heavy atom. The number of esters is 1. The van der Waals surface area contributed by atoms with Gasteiger partial charge in [0.25, 0.3) is 0 Å². The van der Waals surface area contributed by atoms with Crippen LogP contribution < -0.4 is 0 Å². The van der Waals surface area contributed by atoms with Crippen LogP contribution >= 0.6 is 0 Å². The normalized spacial score (nSPS) is 7.22. The summed E-state index contributed by atoms with van der Waals surface area (Å²) >= 11 is 0. The molecule has 0 atom stereocenters. The molecule has 0 amide bonds. The molecule has 0 aliphatic carbocycles. The summed E-state index contributed by atoms with van der Waals surface area (Å²) in [6, 6.07) is 0. The Balaban J connectivity index is 0. The first kappa shape index (κ1) is 11.7. The summed E-state index contributed by atoms with van der Waals surface area (Å²) in [7, 11) is 0. The maximum absolute atomic E-state index is 10.2. The molecule has 0 aromatic rings. The van der Waals surface area contributed by atoms with Crippen LogP contribution in [0.25, 0.3) is 0 Å². The van der Waals surface area contributed by atoms with Crippen molar-refractivity contribution in [2.24, 2.45) is 0 Å². The van der Waals surface area contributed by atoms with Crippen LogP contribution in [0.15, 0.2) is 12.7 Å². The predicted molar refractivity (Wildman–Crippen MR) is 31.4 cm³/mol. The average Bonchev–Trinajstić information content (AvgIpc) is 1.83. The SMILES string of the molecule is C=CC(=O)OCCC.[Ti]. The molecule has 0 spiro atoms. The quantitative estimate of drug-likeness (QED) is 0.353. The van der Waals surface area contributed by atoms with Gasteiger partial charge >= 0.3 is 5.97 Å². The second-order valence-corrected chi connectivity index (χ2v) is 1.37. The number of hydrogen-bond donors (Lipinski definition) is 0. The van der Waals surface area contributed by atoms with Crippen molar-refractivity contribution < 1.29 is 31.2 Å². The van der Waals surface area contributed by atoms with Crippen LogP contribution in [0.1, 0.15) is 13.3 Å². The summed E-state index contributed by atoms with van der Waals surface area (Å²) in [5, 5.41) is 0. The molecular weight excluding hydrogens is 152 g/mol. The maximum Gasteiger partial charge on any atom is 0.330 e. The van der Waals surface area contributed by atoms with Crippen molar-refractivity contribution in [1.82, 2.24) is 0 Å². The van der Waals surface area contributed by atoms with Crippen molar-refractivity contribution in [3.8, 4) is 0 Å². The van der Waals surface area contributed by atoms with Crippen LogP contribution in [0.3, 0.4) is 0 Å². The molecule has 9 heavy (non-hydrogen) atoms. The minimum absolute atomic E-state index is 0. The number of carbonyl (C=O) groups excluding carboxylic acids is 1. The van der Waals surface area contributed by atoms with E-state index in [2.05, 4.69) is 11.3 Å². The van der Waals surface area contributed by atoms with Gasteiger partial charge in [-0.25, -0.2) is 4.79 Å². The summed E-state index contributed by atoms with van der Waals surface area (Å²) in [4.78, 5) is 10.2. The van der Waals surface area contributed by atoms with E-state index in [4.69, 9.17) is 0 Å². The van der Waals surface area contributed by atoms with E-state index in [0.717, 1.165) is 12.5 Å². The number of hydrogen-bond acceptors (Lipinski definition) is 2. The molecule has 2 nitrogen and oxygen atoms in total. The molecule has 0 rings (SSSR count). The second kappa shape index (κ2) is 7.92. The molecule has 0 aromatic carbocycles. The van der Waals surface area contributed by atoms with Crippen molar-refractivity contribution >= 4 is 5.97 Å². The monoisotopic (exact) mass is 162 g/mol. The first-order valence-corrected chi connectivity index (χ1v) is 2.60. The number of carbonyl (C=O) groups is 1. The van der Waals surface area contributed by atoms with Crippen LogP contribution in [-0.2, 0) is 31.2 Å². The molecule has 0 aliphatic rings. The van der Waals surface area contributed by atoms with E-state index in [0.29, 0.717) is 6.61 Å². The van der Waals surface area contributed by atoms with E-state index < -0.39 is 0 Å². The summed E-state index contributed by atoms with van der Waals surface area (Å²) in [6.45, 7) is 5.67. The first-order valence-electron chi connectivity index (χ1n) is 2.60. The van der Waals surface area contributed by atoms with Gasteiger partial charge in [-0.2, -0.15) is 0 Å². The van der Waals surface area contributed by atoms with E-state index >= 15 is 0 Å². The molecule has 0 bridgehead atoms. The third-order valence-electron chi connectivity index (χ3n) is 0.615. The van der Waals surface area contributed by atoms with Crippen molar-refractivity contribution in [3.05, 3.63) is 12.7 Å². The maximum atomic E-state index is 10.2. The third kappa shape index (κ3) is 7.92. The van der Waals surface area contributed by atoms with Gasteiger partial charge in [-0.3, -0.25) is 0 Å². The molecule has 0 saturated heterocycles. The standard InChI is InChI=1S/C6H10O2.Ti/c1-3-5-8-6(7)4-2;/h4H,2-3,5H2,1H3;. The third-order valence-corrected chi connectivity index (χ3v) is 0.615. The zero-order valence-corrected chi connectivity index (χ0v) is 7.08. The topological polar surface area (TPSA) is 26.3 Å². The average molecular weight is 162 g/mol. The number of rotatable bonds is 3. The zero-order valence-electron chi connectivity index (χ0n) is 5.52. The van der Waals surface area contributed by atoms with E-state index in [1.165, 1.54) is 0 Å². The molecule has 0 aliphatic heterocycles. The smallest absolute Gasteiger partial charge is 0.330 e. The molecule has 0 heterocycles. The van der Waals surface area contributed by atoms with Crippen molar-refractivity contribution in [2.45, 2.75) is 13.3 Å². The van der Waals surface area contributed by atoms with Gasteiger partial charge in [-0.05, 0) is 6.42 Å². The van der Waals surface area contributed by atoms with Crippen molar-refractivity contribution in [2.75, 3.05) is 6.61 Å². The molecule has 50 valence electrons. The van der Waals surface area contributed by atoms with E-state index in [1.54, 1.807) is 0 Å². The molecule has 3 heteroatoms.